The van der Waals surface area contributed by atoms with Gasteiger partial charge >= 0.3 is 5.97 Å². The molecule has 1 heterocycles. The first kappa shape index (κ1) is 21.6. The number of nitrogens with one attached hydrogen (secondary N) is 2. The van der Waals surface area contributed by atoms with Gasteiger partial charge in [0, 0.05) is 30.4 Å². The number of aromatic nitrogens is 1. The van der Waals surface area contributed by atoms with Crippen LogP contribution in [0.3, 0.4) is 0 Å². The van der Waals surface area contributed by atoms with Gasteiger partial charge in [-0.05, 0) is 69.3 Å². The molecule has 0 atom stereocenters. The van der Waals surface area contributed by atoms with Gasteiger partial charge in [-0.3, -0.25) is 9.59 Å². The van der Waals surface area contributed by atoms with Crippen LogP contribution in [0.25, 0.3) is 0 Å². The smallest absolute Gasteiger partial charge is 0.340 e. The Balaban J connectivity index is 2.13. The van der Waals surface area contributed by atoms with Crippen LogP contribution in [-0.2, 0) is 4.74 Å². The fraction of sp³-hybridized carbons (Fsp3) is 0.350. The molecule has 0 saturated heterocycles. The summed E-state index contributed by atoms with van der Waals surface area (Å²) >= 11 is 1.11. The zero-order valence-electron chi connectivity index (χ0n) is 16.9. The van der Waals surface area contributed by atoms with Gasteiger partial charge < -0.3 is 19.9 Å². The summed E-state index contributed by atoms with van der Waals surface area (Å²) in [6, 6.07) is 6.98. The molecule has 7 nitrogen and oxygen atoms in total. The number of aromatic amines is 1. The molecule has 2 rings (SSSR count). The van der Waals surface area contributed by atoms with Crippen molar-refractivity contribution < 1.29 is 19.1 Å². The third kappa shape index (κ3) is 5.16. The molecule has 0 saturated carbocycles. The molecular formula is C20H25N3O4S. The summed E-state index contributed by atoms with van der Waals surface area (Å²) in [5.41, 5.74) is 2.42. The Morgan fingerprint density at radius 1 is 1.11 bits per heavy atom. The summed E-state index contributed by atoms with van der Waals surface area (Å²) < 4.78 is 5.25. The number of thioether (sulfide) groups is 1. The molecule has 0 radical (unpaired) electrons. The zero-order valence-corrected chi connectivity index (χ0v) is 17.7. The number of amides is 2. The highest BCUT2D eigenvalue weighted by Gasteiger charge is 2.23. The number of ether oxygens (including phenoxy) is 1. The molecule has 0 aliphatic heterocycles. The number of H-pyrrole nitrogens is 1. The van der Waals surface area contributed by atoms with Crippen molar-refractivity contribution >= 4 is 34.6 Å². The van der Waals surface area contributed by atoms with E-state index < -0.39 is 5.97 Å². The Bertz CT molecular complexity index is 886. The normalized spacial score (nSPS) is 10.7. The average molecular weight is 404 g/mol. The average Bonchev–Trinajstić information content (AvgIpc) is 2.90. The van der Waals surface area contributed by atoms with Crippen molar-refractivity contribution in [2.45, 2.75) is 38.7 Å². The molecule has 0 fully saturated rings. The molecule has 150 valence electrons. The molecule has 1 aromatic carbocycles. The summed E-state index contributed by atoms with van der Waals surface area (Å²) in [6.07, 6.45) is -0.241. The Labute approximate surface area is 168 Å². The maximum atomic E-state index is 12.6. The Kier molecular flexibility index (Phi) is 6.90. The number of hydrogen-bond donors (Lipinski definition) is 2. The number of carbonyl (C=O) groups excluding carboxylic acids is 3. The zero-order chi connectivity index (χ0) is 21.0. The van der Waals surface area contributed by atoms with Gasteiger partial charge in [0.1, 0.15) is 5.69 Å². The lowest BCUT2D eigenvalue weighted by Gasteiger charge is -2.10. The van der Waals surface area contributed by atoms with Gasteiger partial charge in [0.25, 0.3) is 11.1 Å². The number of carbonyl (C=O) groups is 3. The van der Waals surface area contributed by atoms with E-state index in [0.717, 1.165) is 16.7 Å². The number of benzene rings is 1. The van der Waals surface area contributed by atoms with Gasteiger partial charge in [0.05, 0.1) is 11.7 Å². The lowest BCUT2D eigenvalue weighted by molar-refractivity contribution is 0.0376. The molecule has 0 aliphatic carbocycles. The van der Waals surface area contributed by atoms with Gasteiger partial charge in [-0.25, -0.2) is 4.79 Å². The fourth-order valence-electron chi connectivity index (χ4n) is 2.55. The first-order valence-electron chi connectivity index (χ1n) is 8.80. The van der Waals surface area contributed by atoms with Crippen molar-refractivity contribution in [3.63, 3.8) is 0 Å². The summed E-state index contributed by atoms with van der Waals surface area (Å²) in [5, 5.41) is 2.72. The summed E-state index contributed by atoms with van der Waals surface area (Å²) in [5.74, 6) is -0.804. The van der Waals surface area contributed by atoms with E-state index in [4.69, 9.17) is 4.74 Å². The lowest BCUT2D eigenvalue weighted by atomic mass is 10.1. The van der Waals surface area contributed by atoms with Crippen molar-refractivity contribution in [1.82, 2.24) is 9.88 Å². The maximum absolute atomic E-state index is 12.6. The molecule has 0 bridgehead atoms. The standard InChI is InChI=1S/C20H25N3O4S/c1-11(2)27-19(25)16-12(3)17(21-13(16)4)18(24)22-14-7-9-15(10-8-14)28-20(26)23(5)6/h7-11,21H,1-6H3,(H,22,24). The highest BCUT2D eigenvalue weighted by Crippen LogP contribution is 2.24. The topological polar surface area (TPSA) is 91.5 Å². The van der Waals surface area contributed by atoms with Crippen LogP contribution in [0.2, 0.25) is 0 Å². The van der Waals surface area contributed by atoms with E-state index >= 15 is 0 Å². The van der Waals surface area contributed by atoms with Crippen molar-refractivity contribution in [1.29, 1.82) is 0 Å². The third-order valence-corrected chi connectivity index (χ3v) is 4.94. The van der Waals surface area contributed by atoms with E-state index in [2.05, 4.69) is 10.3 Å². The van der Waals surface area contributed by atoms with E-state index in [0.29, 0.717) is 28.2 Å². The monoisotopic (exact) mass is 403 g/mol. The van der Waals surface area contributed by atoms with E-state index in [1.54, 1.807) is 66.1 Å². The van der Waals surface area contributed by atoms with Crippen LogP contribution in [0, 0.1) is 13.8 Å². The van der Waals surface area contributed by atoms with Crippen molar-refractivity contribution in [3.05, 3.63) is 46.8 Å². The summed E-state index contributed by atoms with van der Waals surface area (Å²) in [4.78, 5) is 41.9. The predicted molar refractivity (Wildman–Crippen MR) is 110 cm³/mol. The second kappa shape index (κ2) is 8.97. The van der Waals surface area contributed by atoms with Crippen LogP contribution in [0.4, 0.5) is 10.5 Å². The van der Waals surface area contributed by atoms with Crippen molar-refractivity contribution in [2.24, 2.45) is 0 Å². The van der Waals surface area contributed by atoms with Crippen LogP contribution in [0.15, 0.2) is 29.2 Å². The minimum absolute atomic E-state index is 0.0740. The van der Waals surface area contributed by atoms with E-state index in [-0.39, 0.29) is 17.3 Å². The second-order valence-corrected chi connectivity index (χ2v) is 7.84. The number of esters is 1. The van der Waals surface area contributed by atoms with Gasteiger partial charge in [0.15, 0.2) is 0 Å². The molecular weight excluding hydrogens is 378 g/mol. The Morgan fingerprint density at radius 2 is 1.71 bits per heavy atom. The van der Waals surface area contributed by atoms with Crippen LogP contribution in [0.1, 0.15) is 46.0 Å². The number of anilines is 1. The quantitative estimate of drug-likeness (QED) is 0.576. The van der Waals surface area contributed by atoms with Crippen LogP contribution in [0.5, 0.6) is 0 Å². The minimum Gasteiger partial charge on any atom is -0.459 e. The first-order valence-corrected chi connectivity index (χ1v) is 9.62. The number of aryl methyl sites for hydroxylation is 1. The van der Waals surface area contributed by atoms with Gasteiger partial charge in [-0.2, -0.15) is 0 Å². The summed E-state index contributed by atoms with van der Waals surface area (Å²) in [7, 11) is 3.38. The molecule has 28 heavy (non-hydrogen) atoms. The van der Waals surface area contributed by atoms with Crippen LogP contribution < -0.4 is 5.32 Å². The number of nitrogens with zero attached hydrogens (tertiary/aromatic N) is 1. The molecule has 1 aromatic heterocycles. The maximum Gasteiger partial charge on any atom is 0.340 e. The molecule has 2 amide bonds. The van der Waals surface area contributed by atoms with Crippen molar-refractivity contribution in [2.75, 3.05) is 19.4 Å². The van der Waals surface area contributed by atoms with Gasteiger partial charge in [0.2, 0.25) is 0 Å². The molecule has 2 N–H and O–H groups in total. The van der Waals surface area contributed by atoms with E-state index in [1.165, 1.54) is 4.90 Å². The SMILES string of the molecule is Cc1[nH]c(C(=O)Nc2ccc(SC(=O)N(C)C)cc2)c(C)c1C(=O)OC(C)C. The van der Waals surface area contributed by atoms with E-state index in [9.17, 15) is 14.4 Å². The lowest BCUT2D eigenvalue weighted by Crippen LogP contribution is -2.16. The molecule has 0 spiro atoms. The Hall–Kier alpha value is -2.74. The summed E-state index contributed by atoms with van der Waals surface area (Å²) in [6.45, 7) is 6.99. The highest BCUT2D eigenvalue weighted by atomic mass is 32.2. The van der Waals surface area contributed by atoms with Gasteiger partial charge in [-0.1, -0.05) is 0 Å². The Morgan fingerprint density at radius 3 is 2.25 bits per heavy atom. The fourth-order valence-corrected chi connectivity index (χ4v) is 3.20. The molecule has 0 unspecified atom stereocenters. The van der Waals surface area contributed by atoms with E-state index in [1.807, 2.05) is 0 Å². The molecule has 0 aliphatic rings. The van der Waals surface area contributed by atoms with Crippen molar-refractivity contribution in [3.8, 4) is 0 Å². The van der Waals surface area contributed by atoms with Gasteiger partial charge in [-0.15, -0.1) is 0 Å². The van der Waals surface area contributed by atoms with Crippen LogP contribution in [-0.4, -0.2) is 47.2 Å². The first-order chi connectivity index (χ1) is 13.1. The number of hydrogen-bond acceptors (Lipinski definition) is 5. The van der Waals surface area contributed by atoms with Crippen LogP contribution >= 0.6 is 11.8 Å². The largest absolute Gasteiger partial charge is 0.459 e. The highest BCUT2D eigenvalue weighted by molar-refractivity contribution is 8.13. The molecule has 8 heteroatoms. The number of rotatable bonds is 5. The third-order valence-electron chi connectivity index (χ3n) is 3.89. The predicted octanol–water partition coefficient (Wildman–Crippen LogP) is 4.22. The second-order valence-electron chi connectivity index (χ2n) is 6.82. The minimum atomic E-state index is -0.452. The molecule has 2 aromatic rings.